The number of carbonyl (C=O) groups excluding carboxylic acids is 2. The van der Waals surface area contributed by atoms with Crippen molar-refractivity contribution in [2.45, 2.75) is 31.2 Å². The second-order valence-corrected chi connectivity index (χ2v) is 3.95. The third-order valence-electron chi connectivity index (χ3n) is 3.44. The van der Waals surface area contributed by atoms with Crippen molar-refractivity contribution in [2.24, 2.45) is 15.4 Å². The van der Waals surface area contributed by atoms with Crippen LogP contribution in [-0.2, 0) is 9.59 Å². The minimum absolute atomic E-state index is 0.00181. The highest BCUT2D eigenvalue weighted by molar-refractivity contribution is 5.41. The Morgan fingerprint density at radius 3 is 2.77 bits per heavy atom. The molecule has 0 heterocycles. The predicted molar refractivity (Wildman–Crippen MR) is 44.7 cm³/mol. The van der Waals surface area contributed by atoms with Crippen LogP contribution in [-0.4, -0.2) is 24.2 Å². The fourth-order valence-electron chi connectivity index (χ4n) is 2.68. The van der Waals surface area contributed by atoms with Gasteiger partial charge in [-0.1, -0.05) is 6.42 Å². The van der Waals surface area contributed by atoms with Gasteiger partial charge in [-0.05, 0) is 19.3 Å². The molecule has 2 fully saturated rings. The van der Waals surface area contributed by atoms with E-state index < -0.39 is 0 Å². The Hall–Kier alpha value is -1.24. The zero-order chi connectivity index (χ0) is 9.36. The minimum Gasteiger partial charge on any atom is -0.211 e. The maximum atomic E-state index is 10.2. The van der Waals surface area contributed by atoms with E-state index >= 15 is 0 Å². The fraction of sp³-hybridized carbons (Fsp3) is 0.778. The summed E-state index contributed by atoms with van der Waals surface area (Å²) in [7, 11) is 0. The molecule has 2 saturated carbocycles. The molecule has 0 aromatic heterocycles. The lowest BCUT2D eigenvalue weighted by Crippen LogP contribution is -2.14. The van der Waals surface area contributed by atoms with Crippen LogP contribution in [0.15, 0.2) is 9.98 Å². The van der Waals surface area contributed by atoms with Crippen molar-refractivity contribution in [1.82, 2.24) is 0 Å². The summed E-state index contributed by atoms with van der Waals surface area (Å²) in [5.41, 5.74) is -0.211. The molecule has 0 radical (unpaired) electrons. The second kappa shape index (κ2) is 2.63. The van der Waals surface area contributed by atoms with Gasteiger partial charge in [0.15, 0.2) is 0 Å². The van der Waals surface area contributed by atoms with Crippen molar-refractivity contribution in [1.29, 1.82) is 0 Å². The lowest BCUT2D eigenvalue weighted by atomic mass is 10.0. The average molecular weight is 178 g/mol. The Balaban J connectivity index is 2.18. The standard InChI is InChI=1S/C9H10N2O2/c12-6-10-5-8-2-1-3-9(8,4-8)11-7-13/h1-5H2. The summed E-state index contributed by atoms with van der Waals surface area (Å²) in [4.78, 5) is 27.7. The summed E-state index contributed by atoms with van der Waals surface area (Å²) in [5, 5.41) is 0. The normalized spacial score (nSPS) is 40.0. The Kier molecular flexibility index (Phi) is 1.69. The van der Waals surface area contributed by atoms with Crippen molar-refractivity contribution in [2.75, 3.05) is 6.54 Å². The molecule has 68 valence electrons. The van der Waals surface area contributed by atoms with Crippen LogP contribution < -0.4 is 0 Å². The van der Waals surface area contributed by atoms with Crippen molar-refractivity contribution >= 4 is 12.2 Å². The molecule has 13 heavy (non-hydrogen) atoms. The fourth-order valence-corrected chi connectivity index (χ4v) is 2.68. The number of nitrogens with zero attached hydrogens (tertiary/aromatic N) is 2. The molecule has 2 unspecified atom stereocenters. The molecule has 0 bridgehead atoms. The van der Waals surface area contributed by atoms with E-state index in [1.54, 1.807) is 12.2 Å². The predicted octanol–water partition coefficient (Wildman–Crippen LogP) is 0.971. The molecule has 2 aliphatic carbocycles. The number of fused-ring (bicyclic) bond motifs is 1. The SMILES string of the molecule is O=C=NCC12CCCC1(N=C=O)C2. The van der Waals surface area contributed by atoms with Crippen LogP contribution in [0.5, 0.6) is 0 Å². The number of aliphatic imine (C=N–C) groups is 2. The molecular formula is C9H10N2O2. The van der Waals surface area contributed by atoms with Crippen LogP contribution in [0.4, 0.5) is 0 Å². The lowest BCUT2D eigenvalue weighted by molar-refractivity contribution is 0.471. The summed E-state index contributed by atoms with van der Waals surface area (Å²) < 4.78 is 0. The van der Waals surface area contributed by atoms with Crippen LogP contribution in [0, 0.1) is 5.41 Å². The highest BCUT2D eigenvalue weighted by atomic mass is 16.1. The highest BCUT2D eigenvalue weighted by Crippen LogP contribution is 2.68. The van der Waals surface area contributed by atoms with Gasteiger partial charge in [-0.25, -0.2) is 14.6 Å². The molecule has 0 amide bonds. The van der Waals surface area contributed by atoms with Gasteiger partial charge >= 0.3 is 0 Å². The van der Waals surface area contributed by atoms with Crippen molar-refractivity contribution in [3.8, 4) is 0 Å². The van der Waals surface area contributed by atoms with E-state index in [0.717, 1.165) is 25.7 Å². The molecule has 0 aromatic rings. The van der Waals surface area contributed by atoms with Crippen LogP contribution >= 0.6 is 0 Å². The summed E-state index contributed by atoms with van der Waals surface area (Å²) in [6.07, 6.45) is 7.09. The van der Waals surface area contributed by atoms with Crippen LogP contribution in [0.3, 0.4) is 0 Å². The molecule has 2 atom stereocenters. The quantitative estimate of drug-likeness (QED) is 0.477. The first kappa shape index (κ1) is 8.36. The van der Waals surface area contributed by atoms with Crippen molar-refractivity contribution in [3.63, 3.8) is 0 Å². The molecule has 4 heteroatoms. The topological polar surface area (TPSA) is 58.9 Å². The molecule has 0 spiro atoms. The van der Waals surface area contributed by atoms with E-state index in [-0.39, 0.29) is 11.0 Å². The van der Waals surface area contributed by atoms with Gasteiger partial charge in [0.05, 0.1) is 12.1 Å². The number of isocyanates is 2. The molecule has 2 aliphatic rings. The van der Waals surface area contributed by atoms with Gasteiger partial charge in [0.1, 0.15) is 0 Å². The van der Waals surface area contributed by atoms with Crippen LogP contribution in [0.1, 0.15) is 25.7 Å². The van der Waals surface area contributed by atoms with Gasteiger partial charge in [-0.3, -0.25) is 0 Å². The largest absolute Gasteiger partial charge is 0.235 e. The smallest absolute Gasteiger partial charge is 0.211 e. The van der Waals surface area contributed by atoms with Gasteiger partial charge in [-0.2, -0.15) is 4.99 Å². The molecular weight excluding hydrogens is 168 g/mol. The van der Waals surface area contributed by atoms with E-state index in [2.05, 4.69) is 9.98 Å². The molecule has 4 nitrogen and oxygen atoms in total. The summed E-state index contributed by atoms with van der Waals surface area (Å²) >= 11 is 0. The molecule has 0 aliphatic heterocycles. The summed E-state index contributed by atoms with van der Waals surface area (Å²) in [5.74, 6) is 0. The minimum atomic E-state index is -0.213. The van der Waals surface area contributed by atoms with Gasteiger partial charge < -0.3 is 0 Å². The third-order valence-corrected chi connectivity index (χ3v) is 3.44. The second-order valence-electron chi connectivity index (χ2n) is 3.95. The van der Waals surface area contributed by atoms with E-state index in [1.165, 1.54) is 0 Å². The maximum absolute atomic E-state index is 10.2. The van der Waals surface area contributed by atoms with Gasteiger partial charge in [0.2, 0.25) is 12.2 Å². The third kappa shape index (κ3) is 0.998. The summed E-state index contributed by atoms with van der Waals surface area (Å²) in [6, 6.07) is 0. The monoisotopic (exact) mass is 178 g/mol. The number of rotatable bonds is 3. The lowest BCUT2D eigenvalue weighted by Gasteiger charge is -2.08. The highest BCUT2D eigenvalue weighted by Gasteiger charge is 2.70. The zero-order valence-corrected chi connectivity index (χ0v) is 7.25. The Morgan fingerprint density at radius 2 is 2.08 bits per heavy atom. The molecule has 0 saturated heterocycles. The number of hydrogen-bond acceptors (Lipinski definition) is 4. The van der Waals surface area contributed by atoms with Gasteiger partial charge in [0, 0.05) is 5.41 Å². The molecule has 0 N–H and O–H groups in total. The first-order chi connectivity index (χ1) is 6.29. The van der Waals surface area contributed by atoms with E-state index in [9.17, 15) is 9.59 Å². The first-order valence-electron chi connectivity index (χ1n) is 4.41. The van der Waals surface area contributed by atoms with E-state index in [1.807, 2.05) is 0 Å². The van der Waals surface area contributed by atoms with Gasteiger partial charge in [-0.15, -0.1) is 0 Å². The van der Waals surface area contributed by atoms with E-state index in [4.69, 9.17) is 0 Å². The van der Waals surface area contributed by atoms with Crippen molar-refractivity contribution < 1.29 is 9.59 Å². The zero-order valence-electron chi connectivity index (χ0n) is 7.25. The number of hydrogen-bond donors (Lipinski definition) is 0. The summed E-state index contributed by atoms with van der Waals surface area (Å²) in [6.45, 7) is 0.474. The molecule has 0 aromatic carbocycles. The van der Waals surface area contributed by atoms with Crippen LogP contribution in [0.25, 0.3) is 0 Å². The first-order valence-corrected chi connectivity index (χ1v) is 4.41. The average Bonchev–Trinajstić information content (AvgIpc) is 2.61. The molecule has 2 rings (SSSR count). The van der Waals surface area contributed by atoms with E-state index in [0.29, 0.717) is 6.54 Å². The Bertz CT molecular complexity index is 329. The van der Waals surface area contributed by atoms with Crippen molar-refractivity contribution in [3.05, 3.63) is 0 Å². The van der Waals surface area contributed by atoms with Crippen LogP contribution in [0.2, 0.25) is 0 Å². The Morgan fingerprint density at radius 1 is 1.23 bits per heavy atom. The Labute approximate surface area is 75.8 Å². The maximum Gasteiger partial charge on any atom is 0.235 e. The van der Waals surface area contributed by atoms with Gasteiger partial charge in [0.25, 0.3) is 0 Å².